The van der Waals surface area contributed by atoms with Crippen molar-refractivity contribution in [3.05, 3.63) is 0 Å². The number of hydrogen-bond donors (Lipinski definition) is 0. The zero-order valence-corrected chi connectivity index (χ0v) is 12.1. The second-order valence-corrected chi connectivity index (χ2v) is 8.16. The molecule has 0 amide bonds. The van der Waals surface area contributed by atoms with Gasteiger partial charge in [0.1, 0.15) is 0 Å². The van der Waals surface area contributed by atoms with E-state index in [1.54, 1.807) is 0 Å². The van der Waals surface area contributed by atoms with E-state index < -0.39 is 0 Å². The summed E-state index contributed by atoms with van der Waals surface area (Å²) in [6.07, 6.45) is 10.4. The van der Waals surface area contributed by atoms with Crippen LogP contribution < -0.4 is 0 Å². The van der Waals surface area contributed by atoms with Gasteiger partial charge in [-0.05, 0) is 62.7 Å². The van der Waals surface area contributed by atoms with E-state index >= 15 is 0 Å². The van der Waals surface area contributed by atoms with Crippen molar-refractivity contribution < 1.29 is 0 Å². The molecule has 2 saturated carbocycles. The molecule has 16 heavy (non-hydrogen) atoms. The first-order valence-corrected chi connectivity index (χ1v) is 8.23. The maximum Gasteiger partial charge on any atom is 0.00549 e. The molecule has 0 aromatic rings. The Hall–Kier alpha value is 0.350. The predicted octanol–water partition coefficient (Wildman–Crippen LogP) is 5.12. The zero-order valence-electron chi connectivity index (χ0n) is 11.2. The lowest BCUT2D eigenvalue weighted by Gasteiger charge is -2.35. The molecule has 0 spiro atoms. The van der Waals surface area contributed by atoms with Crippen LogP contribution in [-0.4, -0.2) is 10.5 Å². The third-order valence-corrected chi connectivity index (χ3v) is 6.11. The highest BCUT2D eigenvalue weighted by molar-refractivity contribution is 8.00. The van der Waals surface area contributed by atoms with Crippen molar-refractivity contribution in [3.63, 3.8) is 0 Å². The van der Waals surface area contributed by atoms with Crippen molar-refractivity contribution in [1.82, 2.24) is 0 Å². The molecule has 0 heterocycles. The van der Waals surface area contributed by atoms with Crippen LogP contribution in [0, 0.1) is 17.8 Å². The van der Waals surface area contributed by atoms with Crippen LogP contribution in [0.4, 0.5) is 0 Å². The normalized spacial score (nSPS) is 45.6. The number of thioether (sulfide) groups is 1. The Balaban J connectivity index is 1.76. The summed E-state index contributed by atoms with van der Waals surface area (Å²) in [7, 11) is 0. The Morgan fingerprint density at radius 3 is 1.75 bits per heavy atom. The minimum absolute atomic E-state index is 0.976. The first-order chi connectivity index (χ1) is 7.63. The summed E-state index contributed by atoms with van der Waals surface area (Å²) in [5, 5.41) is 1.98. The summed E-state index contributed by atoms with van der Waals surface area (Å²) in [5.41, 5.74) is 0. The van der Waals surface area contributed by atoms with E-state index in [4.69, 9.17) is 0 Å². The highest BCUT2D eigenvalue weighted by Gasteiger charge is 2.28. The van der Waals surface area contributed by atoms with E-state index in [0.29, 0.717) is 0 Å². The number of hydrogen-bond acceptors (Lipinski definition) is 1. The van der Waals surface area contributed by atoms with Crippen molar-refractivity contribution in [1.29, 1.82) is 0 Å². The fourth-order valence-corrected chi connectivity index (χ4v) is 5.59. The van der Waals surface area contributed by atoms with Gasteiger partial charge in [0.05, 0.1) is 0 Å². The van der Waals surface area contributed by atoms with Gasteiger partial charge in [0.2, 0.25) is 0 Å². The van der Waals surface area contributed by atoms with Crippen LogP contribution in [0.5, 0.6) is 0 Å². The molecule has 2 fully saturated rings. The van der Waals surface area contributed by atoms with Crippen molar-refractivity contribution in [2.24, 2.45) is 17.8 Å². The number of rotatable bonds is 2. The molecule has 0 nitrogen and oxygen atoms in total. The van der Waals surface area contributed by atoms with Gasteiger partial charge in [0, 0.05) is 10.5 Å². The largest absolute Gasteiger partial charge is 0.155 e. The Labute approximate surface area is 106 Å². The minimum atomic E-state index is 0.976. The molecule has 0 aromatic heterocycles. The predicted molar refractivity (Wildman–Crippen MR) is 75.0 cm³/mol. The van der Waals surface area contributed by atoms with Crippen LogP contribution in [0.3, 0.4) is 0 Å². The molecule has 0 bridgehead atoms. The second kappa shape index (κ2) is 5.80. The average Bonchev–Trinajstić information content (AvgIpc) is 2.20. The molecule has 2 atom stereocenters. The average molecular weight is 240 g/mol. The van der Waals surface area contributed by atoms with Gasteiger partial charge in [-0.2, -0.15) is 11.8 Å². The van der Waals surface area contributed by atoms with Gasteiger partial charge in [0.25, 0.3) is 0 Å². The van der Waals surface area contributed by atoms with Gasteiger partial charge in [-0.15, -0.1) is 0 Å². The molecule has 2 aliphatic carbocycles. The third kappa shape index (κ3) is 3.68. The molecule has 2 aliphatic rings. The summed E-state index contributed by atoms with van der Waals surface area (Å²) in [6.45, 7) is 7.32. The minimum Gasteiger partial charge on any atom is -0.155 e. The summed E-state index contributed by atoms with van der Waals surface area (Å²) in [5.74, 6) is 2.95. The Morgan fingerprint density at radius 1 is 0.625 bits per heavy atom. The zero-order chi connectivity index (χ0) is 11.5. The van der Waals surface area contributed by atoms with Crippen molar-refractivity contribution >= 4 is 11.8 Å². The Kier molecular flexibility index (Phi) is 4.64. The smallest absolute Gasteiger partial charge is 0.00549 e. The monoisotopic (exact) mass is 240 g/mol. The Morgan fingerprint density at radius 2 is 1.19 bits per heavy atom. The van der Waals surface area contributed by atoms with Crippen molar-refractivity contribution in [2.75, 3.05) is 0 Å². The molecule has 0 aliphatic heterocycles. The fraction of sp³-hybridized carbons (Fsp3) is 1.00. The lowest BCUT2D eigenvalue weighted by molar-refractivity contribution is 0.307. The molecule has 1 heteroatoms. The van der Waals surface area contributed by atoms with E-state index in [0.717, 1.165) is 28.3 Å². The van der Waals surface area contributed by atoms with E-state index in [1.165, 1.54) is 44.9 Å². The third-order valence-electron chi connectivity index (χ3n) is 4.48. The van der Waals surface area contributed by atoms with Crippen molar-refractivity contribution in [2.45, 2.75) is 76.2 Å². The standard InChI is InChI=1S/C15H28S/c1-11-4-6-14(7-5-11)16-15-9-12(2)8-13(3)10-15/h11-15H,4-10H2,1-3H3. The molecule has 0 aromatic carbocycles. The van der Waals surface area contributed by atoms with E-state index in [1.807, 2.05) is 0 Å². The van der Waals surface area contributed by atoms with Crippen LogP contribution in [0.25, 0.3) is 0 Å². The lowest BCUT2D eigenvalue weighted by atomic mass is 9.83. The molecule has 0 saturated heterocycles. The van der Waals surface area contributed by atoms with Gasteiger partial charge in [0.15, 0.2) is 0 Å². The molecule has 2 rings (SSSR count). The van der Waals surface area contributed by atoms with Gasteiger partial charge < -0.3 is 0 Å². The van der Waals surface area contributed by atoms with Crippen LogP contribution in [0.2, 0.25) is 0 Å². The molecule has 94 valence electrons. The molecule has 2 unspecified atom stereocenters. The van der Waals surface area contributed by atoms with E-state index in [2.05, 4.69) is 32.5 Å². The van der Waals surface area contributed by atoms with Gasteiger partial charge in [-0.25, -0.2) is 0 Å². The van der Waals surface area contributed by atoms with Gasteiger partial charge in [-0.1, -0.05) is 20.8 Å². The van der Waals surface area contributed by atoms with E-state index in [-0.39, 0.29) is 0 Å². The first-order valence-electron chi connectivity index (χ1n) is 7.29. The summed E-state index contributed by atoms with van der Waals surface area (Å²) >= 11 is 2.35. The van der Waals surface area contributed by atoms with Crippen LogP contribution in [0.15, 0.2) is 0 Å². The SMILES string of the molecule is CC1CCC(SC2CC(C)CC(C)C2)CC1. The summed E-state index contributed by atoms with van der Waals surface area (Å²) in [6, 6.07) is 0. The van der Waals surface area contributed by atoms with E-state index in [9.17, 15) is 0 Å². The van der Waals surface area contributed by atoms with Crippen LogP contribution in [0.1, 0.15) is 65.7 Å². The topological polar surface area (TPSA) is 0 Å². The maximum atomic E-state index is 2.45. The summed E-state index contributed by atoms with van der Waals surface area (Å²) < 4.78 is 0. The second-order valence-electron chi connectivity index (χ2n) is 6.56. The maximum absolute atomic E-state index is 2.45. The molecular weight excluding hydrogens is 212 g/mol. The van der Waals surface area contributed by atoms with Crippen LogP contribution in [-0.2, 0) is 0 Å². The van der Waals surface area contributed by atoms with Gasteiger partial charge in [-0.3, -0.25) is 0 Å². The molecule has 0 N–H and O–H groups in total. The Bertz CT molecular complexity index is 195. The highest BCUT2D eigenvalue weighted by atomic mass is 32.2. The highest BCUT2D eigenvalue weighted by Crippen LogP contribution is 2.41. The summed E-state index contributed by atoms with van der Waals surface area (Å²) in [4.78, 5) is 0. The quantitative estimate of drug-likeness (QED) is 0.645. The van der Waals surface area contributed by atoms with Crippen molar-refractivity contribution in [3.8, 4) is 0 Å². The lowest BCUT2D eigenvalue weighted by Crippen LogP contribution is -2.25. The van der Waals surface area contributed by atoms with Gasteiger partial charge >= 0.3 is 0 Å². The molecular formula is C15H28S. The fourth-order valence-electron chi connectivity index (χ4n) is 3.62. The molecule has 0 radical (unpaired) electrons. The van der Waals surface area contributed by atoms with Crippen LogP contribution >= 0.6 is 11.8 Å². The first kappa shape index (κ1) is 12.8.